The number of fused-ring (bicyclic) bond motifs is 1. The van der Waals surface area contributed by atoms with Gasteiger partial charge in [-0.05, 0) is 31.5 Å². The van der Waals surface area contributed by atoms with Crippen LogP contribution in [0.4, 0.5) is 5.69 Å². The Morgan fingerprint density at radius 2 is 1.47 bits per heavy atom. The van der Waals surface area contributed by atoms with Crippen molar-refractivity contribution >= 4 is 29.0 Å². The minimum absolute atomic E-state index is 0.116. The molecule has 2 aromatic heterocycles. The van der Waals surface area contributed by atoms with Gasteiger partial charge in [0, 0.05) is 16.8 Å². The number of aryl methyl sites for hydroxylation is 2. The van der Waals surface area contributed by atoms with E-state index in [1.807, 2.05) is 43.3 Å². The van der Waals surface area contributed by atoms with Gasteiger partial charge >= 0.3 is 5.97 Å². The molecule has 0 fully saturated rings. The molecular formula is C30H24N4O4. The largest absolute Gasteiger partial charge is 0.464 e. The number of benzene rings is 3. The summed E-state index contributed by atoms with van der Waals surface area (Å²) >= 11 is 0. The smallest absolute Gasteiger partial charge is 0.357 e. The lowest BCUT2D eigenvalue weighted by Crippen LogP contribution is -2.26. The van der Waals surface area contributed by atoms with Gasteiger partial charge < -0.3 is 10.1 Å². The molecule has 0 aliphatic heterocycles. The van der Waals surface area contributed by atoms with Crippen LogP contribution in [0.3, 0.4) is 0 Å². The third-order valence-corrected chi connectivity index (χ3v) is 6.17. The molecule has 5 aromatic rings. The number of methoxy groups -OCH3 is 1. The summed E-state index contributed by atoms with van der Waals surface area (Å²) in [5.74, 6) is -2.01. The van der Waals surface area contributed by atoms with Crippen LogP contribution >= 0.6 is 0 Å². The highest BCUT2D eigenvalue weighted by molar-refractivity contribution is 6.21. The van der Waals surface area contributed by atoms with Crippen LogP contribution in [0.1, 0.15) is 48.2 Å². The molecule has 0 aliphatic rings. The van der Waals surface area contributed by atoms with Crippen molar-refractivity contribution < 1.29 is 19.1 Å². The number of hydrogen-bond acceptors (Lipinski definition) is 6. The van der Waals surface area contributed by atoms with Crippen molar-refractivity contribution in [3.05, 3.63) is 119 Å². The fourth-order valence-corrected chi connectivity index (χ4v) is 4.33. The monoisotopic (exact) mass is 504 g/mol. The van der Waals surface area contributed by atoms with Crippen LogP contribution in [-0.4, -0.2) is 39.4 Å². The zero-order chi connectivity index (χ0) is 26.8. The van der Waals surface area contributed by atoms with Gasteiger partial charge in [0.1, 0.15) is 5.69 Å². The lowest BCUT2D eigenvalue weighted by atomic mass is 9.98. The standard InChI is InChI=1S/C30H24N4O4/c1-18-14-16-21(17-15-18)27(35)24-25(30(37)38-3)32-28-23(20-10-6-4-7-11-20)19(2)33-34(28)26(24)29(36)31-22-12-8-5-9-13-22/h4-17H,1-3H3,(H,31,36). The molecule has 0 unspecified atom stereocenters. The molecule has 0 radical (unpaired) electrons. The van der Waals surface area contributed by atoms with E-state index >= 15 is 0 Å². The third kappa shape index (κ3) is 4.43. The predicted octanol–water partition coefficient (Wildman–Crippen LogP) is 5.28. The molecule has 5 rings (SSSR count). The first-order chi connectivity index (χ1) is 18.4. The van der Waals surface area contributed by atoms with Crippen LogP contribution in [0, 0.1) is 13.8 Å². The van der Waals surface area contributed by atoms with E-state index in [0.717, 1.165) is 11.1 Å². The van der Waals surface area contributed by atoms with Crippen LogP contribution < -0.4 is 5.32 Å². The number of hydrogen-bond donors (Lipinski definition) is 1. The Bertz CT molecular complexity index is 1680. The van der Waals surface area contributed by atoms with Gasteiger partial charge in [-0.1, -0.05) is 78.4 Å². The van der Waals surface area contributed by atoms with Crippen LogP contribution in [0.25, 0.3) is 16.8 Å². The summed E-state index contributed by atoms with van der Waals surface area (Å²) < 4.78 is 6.36. The van der Waals surface area contributed by atoms with Crippen LogP contribution in [0.15, 0.2) is 84.9 Å². The highest BCUT2D eigenvalue weighted by Gasteiger charge is 2.32. The SMILES string of the molecule is COC(=O)c1nc2c(-c3ccccc3)c(C)nn2c(C(=O)Nc2ccccc2)c1C(=O)c1ccc(C)cc1. The molecule has 1 N–H and O–H groups in total. The number of ketones is 1. The Morgan fingerprint density at radius 3 is 2.11 bits per heavy atom. The van der Waals surface area contributed by atoms with Crippen molar-refractivity contribution in [2.45, 2.75) is 13.8 Å². The molecule has 0 atom stereocenters. The first kappa shape index (κ1) is 24.6. The fraction of sp³-hybridized carbons (Fsp3) is 0.100. The number of carbonyl (C=O) groups is 3. The van der Waals surface area contributed by atoms with Crippen molar-refractivity contribution in [1.29, 1.82) is 0 Å². The van der Waals surface area contributed by atoms with E-state index < -0.39 is 17.7 Å². The zero-order valence-corrected chi connectivity index (χ0v) is 21.1. The molecule has 2 heterocycles. The Labute approximate surface area is 218 Å². The number of nitrogens with zero attached hydrogens (tertiary/aromatic N) is 3. The van der Waals surface area contributed by atoms with Gasteiger partial charge in [0.15, 0.2) is 17.1 Å². The lowest BCUT2D eigenvalue weighted by molar-refractivity contribution is 0.0590. The molecule has 8 nitrogen and oxygen atoms in total. The van der Waals surface area contributed by atoms with Crippen molar-refractivity contribution in [1.82, 2.24) is 14.6 Å². The zero-order valence-electron chi connectivity index (χ0n) is 21.1. The molecule has 0 bridgehead atoms. The first-order valence-electron chi connectivity index (χ1n) is 11.9. The number of para-hydroxylation sites is 1. The van der Waals surface area contributed by atoms with Gasteiger partial charge in [-0.25, -0.2) is 14.3 Å². The minimum Gasteiger partial charge on any atom is -0.464 e. The summed E-state index contributed by atoms with van der Waals surface area (Å²) in [7, 11) is 1.21. The van der Waals surface area contributed by atoms with Gasteiger partial charge in [-0.2, -0.15) is 5.10 Å². The Morgan fingerprint density at radius 1 is 0.842 bits per heavy atom. The second-order valence-electron chi connectivity index (χ2n) is 8.75. The molecule has 0 saturated carbocycles. The maximum Gasteiger partial charge on any atom is 0.357 e. The molecule has 3 aromatic carbocycles. The Kier molecular flexibility index (Phi) is 6.53. The number of aromatic nitrogens is 3. The van der Waals surface area contributed by atoms with Gasteiger partial charge in [0.25, 0.3) is 5.91 Å². The van der Waals surface area contributed by atoms with E-state index in [9.17, 15) is 14.4 Å². The number of amides is 1. The molecule has 1 amide bonds. The molecule has 0 saturated heterocycles. The highest BCUT2D eigenvalue weighted by Crippen LogP contribution is 2.31. The van der Waals surface area contributed by atoms with E-state index in [-0.39, 0.29) is 22.6 Å². The first-order valence-corrected chi connectivity index (χ1v) is 11.9. The van der Waals surface area contributed by atoms with Crippen molar-refractivity contribution in [2.24, 2.45) is 0 Å². The number of rotatable bonds is 6. The fourth-order valence-electron chi connectivity index (χ4n) is 4.33. The Hall–Kier alpha value is -5.11. The normalized spacial score (nSPS) is 10.8. The van der Waals surface area contributed by atoms with Gasteiger partial charge in [0.05, 0.1) is 18.4 Å². The van der Waals surface area contributed by atoms with Crippen LogP contribution in [0.2, 0.25) is 0 Å². The van der Waals surface area contributed by atoms with Crippen LogP contribution in [0.5, 0.6) is 0 Å². The maximum atomic E-state index is 13.9. The number of anilines is 1. The van der Waals surface area contributed by atoms with Crippen molar-refractivity contribution in [3.8, 4) is 11.1 Å². The summed E-state index contributed by atoms with van der Waals surface area (Å²) in [6.07, 6.45) is 0. The van der Waals surface area contributed by atoms with Crippen molar-refractivity contribution in [3.63, 3.8) is 0 Å². The number of esters is 1. The third-order valence-electron chi connectivity index (χ3n) is 6.17. The van der Waals surface area contributed by atoms with Crippen molar-refractivity contribution in [2.75, 3.05) is 12.4 Å². The van der Waals surface area contributed by atoms with Gasteiger partial charge in [-0.3, -0.25) is 9.59 Å². The summed E-state index contributed by atoms with van der Waals surface area (Å²) in [5.41, 5.74) is 3.47. The molecule has 38 heavy (non-hydrogen) atoms. The number of ether oxygens (including phenoxy) is 1. The van der Waals surface area contributed by atoms with Crippen LogP contribution in [-0.2, 0) is 4.74 Å². The summed E-state index contributed by atoms with van der Waals surface area (Å²) in [6, 6.07) is 25.1. The van der Waals surface area contributed by atoms with Gasteiger partial charge in [0.2, 0.25) is 0 Å². The lowest BCUT2D eigenvalue weighted by Gasteiger charge is -2.15. The Balaban J connectivity index is 1.84. The summed E-state index contributed by atoms with van der Waals surface area (Å²) in [5, 5.41) is 7.45. The second kappa shape index (κ2) is 10.1. The molecule has 0 spiro atoms. The molecule has 8 heteroatoms. The molecule has 188 valence electrons. The molecular weight excluding hydrogens is 480 g/mol. The number of carbonyl (C=O) groups excluding carboxylic acids is 3. The van der Waals surface area contributed by atoms with Gasteiger partial charge in [-0.15, -0.1) is 0 Å². The van der Waals surface area contributed by atoms with E-state index in [2.05, 4.69) is 15.4 Å². The van der Waals surface area contributed by atoms with E-state index in [1.165, 1.54) is 11.6 Å². The predicted molar refractivity (Wildman–Crippen MR) is 144 cm³/mol. The van der Waals surface area contributed by atoms with E-state index in [4.69, 9.17) is 4.74 Å². The average Bonchev–Trinajstić information content (AvgIpc) is 3.27. The highest BCUT2D eigenvalue weighted by atomic mass is 16.5. The second-order valence-corrected chi connectivity index (χ2v) is 8.75. The average molecular weight is 505 g/mol. The summed E-state index contributed by atoms with van der Waals surface area (Å²) in [6.45, 7) is 3.69. The van der Waals surface area contributed by atoms with E-state index in [0.29, 0.717) is 22.5 Å². The maximum absolute atomic E-state index is 13.9. The topological polar surface area (TPSA) is 103 Å². The van der Waals surface area contributed by atoms with E-state index in [1.54, 1.807) is 55.5 Å². The quantitative estimate of drug-likeness (QED) is 0.249. The molecule has 0 aliphatic carbocycles. The minimum atomic E-state index is -0.838. The summed E-state index contributed by atoms with van der Waals surface area (Å²) in [4.78, 5) is 45.4. The number of nitrogens with one attached hydrogen (secondary N) is 1.